The summed E-state index contributed by atoms with van der Waals surface area (Å²) < 4.78 is 21.1. The topological polar surface area (TPSA) is 114 Å². The van der Waals surface area contributed by atoms with Crippen molar-refractivity contribution >= 4 is 17.4 Å². The first-order valence-electron chi connectivity index (χ1n) is 12.9. The number of nitrogens with two attached hydrogens (primary N) is 1. The summed E-state index contributed by atoms with van der Waals surface area (Å²) in [6, 6.07) is 8.81. The van der Waals surface area contributed by atoms with E-state index in [0.29, 0.717) is 47.9 Å². The van der Waals surface area contributed by atoms with Crippen molar-refractivity contribution < 1.29 is 19.0 Å². The molecule has 3 heterocycles. The van der Waals surface area contributed by atoms with Gasteiger partial charge in [-0.2, -0.15) is 0 Å². The molecule has 9 heteroatoms. The Morgan fingerprint density at radius 1 is 1.16 bits per heavy atom. The number of aromatic nitrogens is 2. The summed E-state index contributed by atoms with van der Waals surface area (Å²) in [5, 5.41) is 13.8. The van der Waals surface area contributed by atoms with Crippen LogP contribution in [0.3, 0.4) is 0 Å². The molecule has 6 rings (SSSR count). The zero-order chi connectivity index (χ0) is 25.5. The van der Waals surface area contributed by atoms with E-state index < -0.39 is 12.4 Å². The summed E-state index contributed by atoms with van der Waals surface area (Å²) in [6.07, 6.45) is 6.38. The SMILES string of the molecule is Nc1ncnc(-c2cc(F)cc(N3CCc4cc(C5CC5)ccc4C3=O)c2CO)c1OCC1CCCN1. The van der Waals surface area contributed by atoms with Crippen molar-refractivity contribution in [2.45, 2.75) is 50.7 Å². The van der Waals surface area contributed by atoms with Gasteiger partial charge in [0.25, 0.3) is 5.91 Å². The van der Waals surface area contributed by atoms with E-state index in [9.17, 15) is 9.90 Å². The van der Waals surface area contributed by atoms with Gasteiger partial charge < -0.3 is 25.8 Å². The fraction of sp³-hybridized carbons (Fsp3) is 0.393. The first-order valence-corrected chi connectivity index (χ1v) is 12.9. The van der Waals surface area contributed by atoms with Crippen molar-refractivity contribution in [2.75, 3.05) is 30.3 Å². The number of benzene rings is 2. The van der Waals surface area contributed by atoms with E-state index in [1.54, 1.807) is 4.90 Å². The van der Waals surface area contributed by atoms with Gasteiger partial charge in [-0.25, -0.2) is 14.4 Å². The molecule has 1 saturated carbocycles. The van der Waals surface area contributed by atoms with Crippen LogP contribution in [0.5, 0.6) is 5.75 Å². The molecule has 1 saturated heterocycles. The molecule has 2 aliphatic heterocycles. The second-order valence-corrected chi connectivity index (χ2v) is 10.0. The average molecular weight is 504 g/mol. The Morgan fingerprint density at radius 2 is 2.03 bits per heavy atom. The molecule has 2 aromatic carbocycles. The number of aliphatic hydroxyl groups is 1. The molecule has 0 radical (unpaired) electrons. The molecule has 4 N–H and O–H groups in total. The molecule has 0 spiro atoms. The molecule has 3 aromatic rings. The van der Waals surface area contributed by atoms with Crippen LogP contribution in [0.4, 0.5) is 15.9 Å². The molecule has 0 bridgehead atoms. The van der Waals surface area contributed by atoms with Crippen LogP contribution >= 0.6 is 0 Å². The number of nitrogens with one attached hydrogen (secondary N) is 1. The highest BCUT2D eigenvalue weighted by Gasteiger charge is 2.31. The summed E-state index contributed by atoms with van der Waals surface area (Å²) in [7, 11) is 0. The minimum Gasteiger partial charge on any atom is -0.486 e. The van der Waals surface area contributed by atoms with Gasteiger partial charge in [0.15, 0.2) is 11.6 Å². The van der Waals surface area contributed by atoms with Crippen molar-refractivity contribution in [2.24, 2.45) is 0 Å². The lowest BCUT2D eigenvalue weighted by molar-refractivity contribution is 0.0980. The third-order valence-corrected chi connectivity index (χ3v) is 7.58. The van der Waals surface area contributed by atoms with E-state index in [0.717, 1.165) is 24.9 Å². The number of hydrogen-bond donors (Lipinski definition) is 3. The van der Waals surface area contributed by atoms with Gasteiger partial charge in [0.1, 0.15) is 24.4 Å². The van der Waals surface area contributed by atoms with Gasteiger partial charge in [-0.15, -0.1) is 0 Å². The molecule has 192 valence electrons. The quantitative estimate of drug-likeness (QED) is 0.452. The van der Waals surface area contributed by atoms with Gasteiger partial charge in [0.05, 0.1) is 12.3 Å². The Balaban J connectivity index is 1.37. The van der Waals surface area contributed by atoms with Gasteiger partial charge in [-0.05, 0) is 73.9 Å². The summed E-state index contributed by atoms with van der Waals surface area (Å²) in [5.74, 6) is 0.218. The molecule has 37 heavy (non-hydrogen) atoms. The zero-order valence-corrected chi connectivity index (χ0v) is 20.5. The van der Waals surface area contributed by atoms with Gasteiger partial charge in [-0.3, -0.25) is 4.79 Å². The molecule has 1 atom stereocenters. The van der Waals surface area contributed by atoms with E-state index in [1.165, 1.54) is 36.9 Å². The highest BCUT2D eigenvalue weighted by atomic mass is 19.1. The average Bonchev–Trinajstić information content (AvgIpc) is 3.63. The second-order valence-electron chi connectivity index (χ2n) is 10.0. The van der Waals surface area contributed by atoms with Gasteiger partial charge in [0.2, 0.25) is 0 Å². The Morgan fingerprint density at radius 3 is 2.78 bits per heavy atom. The number of anilines is 2. The van der Waals surface area contributed by atoms with Crippen molar-refractivity contribution in [3.8, 4) is 17.0 Å². The van der Waals surface area contributed by atoms with Gasteiger partial charge >= 0.3 is 0 Å². The third kappa shape index (κ3) is 4.53. The predicted octanol–water partition coefficient (Wildman–Crippen LogP) is 3.57. The first kappa shape index (κ1) is 23.8. The first-order chi connectivity index (χ1) is 18.0. The summed E-state index contributed by atoms with van der Waals surface area (Å²) in [4.78, 5) is 23.5. The number of ether oxygens (including phenoxy) is 1. The van der Waals surface area contributed by atoms with Crippen LogP contribution in [0.25, 0.3) is 11.3 Å². The molecule has 8 nitrogen and oxygen atoms in total. The molecular weight excluding hydrogens is 473 g/mol. The fourth-order valence-corrected chi connectivity index (χ4v) is 5.45. The normalized spacial score (nSPS) is 19.2. The number of amides is 1. The van der Waals surface area contributed by atoms with Crippen LogP contribution in [0.15, 0.2) is 36.7 Å². The fourth-order valence-electron chi connectivity index (χ4n) is 5.45. The number of rotatable bonds is 7. The van der Waals surface area contributed by atoms with Crippen LogP contribution < -0.4 is 20.7 Å². The zero-order valence-electron chi connectivity index (χ0n) is 20.5. The third-order valence-electron chi connectivity index (χ3n) is 7.58. The number of aliphatic hydroxyl groups excluding tert-OH is 1. The Kier molecular flexibility index (Phi) is 6.26. The lowest BCUT2D eigenvalue weighted by Gasteiger charge is -2.31. The summed E-state index contributed by atoms with van der Waals surface area (Å²) in [6.45, 7) is 1.26. The Bertz CT molecular complexity index is 1350. The van der Waals surface area contributed by atoms with Crippen LogP contribution in [-0.2, 0) is 13.0 Å². The molecule has 1 aliphatic carbocycles. The van der Waals surface area contributed by atoms with E-state index in [-0.39, 0.29) is 29.2 Å². The van der Waals surface area contributed by atoms with Gasteiger partial charge in [-0.1, -0.05) is 12.1 Å². The molecule has 3 aliphatic rings. The van der Waals surface area contributed by atoms with Crippen molar-refractivity contribution in [3.63, 3.8) is 0 Å². The Labute approximate surface area is 214 Å². The molecule has 1 amide bonds. The van der Waals surface area contributed by atoms with Crippen molar-refractivity contribution in [3.05, 3.63) is 64.7 Å². The molecular formula is C28H30FN5O3. The number of hydrogen-bond acceptors (Lipinski definition) is 7. The molecule has 2 fully saturated rings. The predicted molar refractivity (Wildman–Crippen MR) is 138 cm³/mol. The largest absolute Gasteiger partial charge is 0.486 e. The lowest BCUT2D eigenvalue weighted by atomic mass is 9.93. The monoisotopic (exact) mass is 503 g/mol. The van der Waals surface area contributed by atoms with E-state index >= 15 is 4.39 Å². The van der Waals surface area contributed by atoms with E-state index in [2.05, 4.69) is 21.4 Å². The van der Waals surface area contributed by atoms with Gasteiger partial charge in [0, 0.05) is 29.3 Å². The highest BCUT2D eigenvalue weighted by Crippen LogP contribution is 2.42. The number of nitrogen functional groups attached to an aromatic ring is 1. The highest BCUT2D eigenvalue weighted by molar-refractivity contribution is 6.09. The van der Waals surface area contributed by atoms with E-state index in [1.807, 2.05) is 12.1 Å². The number of nitrogens with zero attached hydrogens (tertiary/aromatic N) is 3. The van der Waals surface area contributed by atoms with Crippen molar-refractivity contribution in [1.29, 1.82) is 0 Å². The van der Waals surface area contributed by atoms with Crippen LogP contribution in [0.2, 0.25) is 0 Å². The van der Waals surface area contributed by atoms with Crippen LogP contribution in [-0.4, -0.2) is 46.7 Å². The van der Waals surface area contributed by atoms with Crippen LogP contribution in [0, 0.1) is 5.82 Å². The van der Waals surface area contributed by atoms with Crippen molar-refractivity contribution in [1.82, 2.24) is 15.3 Å². The maximum atomic E-state index is 15.1. The standard InChI is InChI=1S/C28H30FN5O3/c29-19-11-22(25-26(27(30)33-15-32-25)37-14-20-2-1-8-31-20)23(13-35)24(12-19)34-9-7-18-10-17(16-3-4-16)5-6-21(18)28(34)36/h5-6,10-12,15-16,20,31,35H,1-4,7-9,13-14H2,(H2,30,32,33). The lowest BCUT2D eigenvalue weighted by Crippen LogP contribution is -2.38. The minimum absolute atomic E-state index is 0.132. The maximum absolute atomic E-state index is 15.1. The summed E-state index contributed by atoms with van der Waals surface area (Å²) >= 11 is 0. The smallest absolute Gasteiger partial charge is 0.258 e. The number of halogens is 1. The minimum atomic E-state index is -0.550. The number of fused-ring (bicyclic) bond motifs is 1. The maximum Gasteiger partial charge on any atom is 0.258 e. The number of carbonyl (C=O) groups is 1. The van der Waals surface area contributed by atoms with Crippen LogP contribution in [0.1, 0.15) is 58.6 Å². The molecule has 1 unspecified atom stereocenters. The second kappa shape index (κ2) is 9.72. The molecule has 1 aromatic heterocycles. The summed E-state index contributed by atoms with van der Waals surface area (Å²) in [5.41, 5.74) is 10.4. The Hall–Kier alpha value is -3.56. The van der Waals surface area contributed by atoms with E-state index in [4.69, 9.17) is 10.5 Å². The number of carbonyl (C=O) groups excluding carboxylic acids is 1.